The van der Waals surface area contributed by atoms with Gasteiger partial charge in [0.1, 0.15) is 0 Å². The highest BCUT2D eigenvalue weighted by Crippen LogP contribution is 2.25. The van der Waals surface area contributed by atoms with Crippen LogP contribution >= 0.6 is 0 Å². The van der Waals surface area contributed by atoms with Gasteiger partial charge >= 0.3 is 0 Å². The SMILES string of the molecule is C/C(=C\c1ccc(C)cc1)c1ccc(/C(C)=C/c2ccc(C)cc2)cc1.Cc1ccc(/C=C/c2cc(C)c(/C=C/c3ccc(C)cc3)cc2C)cc1.Cc1ccc(/C=C/c2cc(C)c(C)cc2C)cc1. The molecule has 0 radical (unpaired) electrons. The lowest BCUT2D eigenvalue weighted by molar-refractivity contribution is 1.29. The first-order valence-corrected chi connectivity index (χ1v) is 24.6. The second-order valence-corrected chi connectivity index (χ2v) is 19.1. The molecule has 0 aliphatic heterocycles. The van der Waals surface area contributed by atoms with Gasteiger partial charge in [0.05, 0.1) is 0 Å². The van der Waals surface area contributed by atoms with Crippen molar-refractivity contribution < 1.29 is 0 Å². The Morgan fingerprint density at radius 1 is 0.243 bits per heavy atom. The molecule has 0 N–H and O–H groups in total. The first kappa shape index (κ1) is 51.8. The second-order valence-electron chi connectivity index (χ2n) is 19.1. The van der Waals surface area contributed by atoms with E-state index in [1.54, 1.807) is 0 Å². The van der Waals surface area contributed by atoms with E-state index in [2.05, 4.69) is 302 Å². The van der Waals surface area contributed by atoms with Crippen LogP contribution in [0.4, 0.5) is 0 Å². The molecule has 8 rings (SSSR count). The molecule has 0 heteroatoms. The van der Waals surface area contributed by atoms with Gasteiger partial charge in [0.2, 0.25) is 0 Å². The van der Waals surface area contributed by atoms with E-state index >= 15 is 0 Å². The third-order valence-electron chi connectivity index (χ3n) is 12.9. The molecule has 0 aliphatic carbocycles. The molecule has 0 atom stereocenters. The summed E-state index contributed by atoms with van der Waals surface area (Å²) in [4.78, 5) is 0. The molecule has 0 aliphatic rings. The van der Waals surface area contributed by atoms with E-state index in [1.807, 2.05) is 0 Å². The molecule has 0 amide bonds. The first-order chi connectivity index (χ1) is 33.6. The van der Waals surface area contributed by atoms with Crippen molar-refractivity contribution in [1.29, 1.82) is 0 Å². The summed E-state index contributed by atoms with van der Waals surface area (Å²) in [5.41, 5.74) is 28.2. The van der Waals surface area contributed by atoms with Crippen molar-refractivity contribution in [3.63, 3.8) is 0 Å². The van der Waals surface area contributed by atoms with Gasteiger partial charge in [0, 0.05) is 0 Å². The quantitative estimate of drug-likeness (QED) is 0.120. The van der Waals surface area contributed by atoms with E-state index in [-0.39, 0.29) is 0 Å². The van der Waals surface area contributed by atoms with E-state index in [0.717, 1.165) is 0 Å². The summed E-state index contributed by atoms with van der Waals surface area (Å²) in [5, 5.41) is 0. The lowest BCUT2D eigenvalue weighted by Gasteiger charge is -2.07. The molecule has 70 heavy (non-hydrogen) atoms. The van der Waals surface area contributed by atoms with Crippen molar-refractivity contribution in [3.8, 4) is 0 Å². The highest BCUT2D eigenvalue weighted by atomic mass is 14.1. The molecule has 0 unspecified atom stereocenters. The predicted molar refractivity (Wildman–Crippen MR) is 313 cm³/mol. The fourth-order valence-electron chi connectivity index (χ4n) is 7.96. The fourth-order valence-corrected chi connectivity index (χ4v) is 7.96. The summed E-state index contributed by atoms with van der Waals surface area (Å²) in [6.45, 7) is 25.8. The molecule has 0 fully saturated rings. The van der Waals surface area contributed by atoms with E-state index < -0.39 is 0 Å². The van der Waals surface area contributed by atoms with Gasteiger partial charge < -0.3 is 0 Å². The topological polar surface area (TPSA) is 0 Å². The molecule has 0 aromatic heterocycles. The highest BCUT2D eigenvalue weighted by Gasteiger charge is 2.03. The van der Waals surface area contributed by atoms with Crippen molar-refractivity contribution in [3.05, 3.63) is 281 Å². The van der Waals surface area contributed by atoms with Crippen molar-refractivity contribution in [2.24, 2.45) is 0 Å². The Bertz CT molecular complexity index is 2940. The van der Waals surface area contributed by atoms with Gasteiger partial charge in [-0.2, -0.15) is 0 Å². The highest BCUT2D eigenvalue weighted by molar-refractivity contribution is 5.84. The van der Waals surface area contributed by atoms with Crippen molar-refractivity contribution in [1.82, 2.24) is 0 Å². The fraction of sp³-hybridized carbons (Fsp3) is 0.171. The molecular formula is C70H72. The average Bonchev–Trinajstić information content (AvgIpc) is 3.35. The van der Waals surface area contributed by atoms with Crippen LogP contribution in [0, 0.1) is 69.2 Å². The Kier molecular flexibility index (Phi) is 18.6. The zero-order valence-electron chi connectivity index (χ0n) is 43.8. The molecule has 8 aromatic rings. The lowest BCUT2D eigenvalue weighted by atomic mass is 9.98. The van der Waals surface area contributed by atoms with Crippen LogP contribution in [0.1, 0.15) is 125 Å². The average molecular weight is 913 g/mol. The van der Waals surface area contributed by atoms with E-state index in [0.29, 0.717) is 0 Å². The second kappa shape index (κ2) is 25.2. The normalized spacial score (nSPS) is 11.7. The van der Waals surface area contributed by atoms with Crippen LogP contribution in [0.3, 0.4) is 0 Å². The minimum absolute atomic E-state index is 1.23. The van der Waals surface area contributed by atoms with Crippen molar-refractivity contribution in [2.75, 3.05) is 0 Å². The minimum atomic E-state index is 1.23. The third kappa shape index (κ3) is 16.0. The van der Waals surface area contributed by atoms with Crippen LogP contribution in [0.25, 0.3) is 59.8 Å². The summed E-state index contributed by atoms with van der Waals surface area (Å²) >= 11 is 0. The Hall–Kier alpha value is -7.54. The Morgan fingerprint density at radius 2 is 0.471 bits per heavy atom. The smallest absolute Gasteiger partial charge is 0.0224 e. The van der Waals surface area contributed by atoms with Crippen LogP contribution in [0.5, 0.6) is 0 Å². The number of aryl methyl sites for hydroxylation is 10. The van der Waals surface area contributed by atoms with Crippen LogP contribution < -0.4 is 0 Å². The summed E-state index contributed by atoms with van der Waals surface area (Å²) in [6.07, 6.45) is 17.6. The van der Waals surface area contributed by atoms with Gasteiger partial charge in [-0.15, -0.1) is 0 Å². The Labute approximate surface area is 421 Å². The molecule has 0 nitrogen and oxygen atoms in total. The van der Waals surface area contributed by atoms with E-state index in [9.17, 15) is 0 Å². The van der Waals surface area contributed by atoms with E-state index in [4.69, 9.17) is 0 Å². The summed E-state index contributed by atoms with van der Waals surface area (Å²) < 4.78 is 0. The van der Waals surface area contributed by atoms with Crippen LogP contribution in [-0.2, 0) is 0 Å². The summed E-state index contributed by atoms with van der Waals surface area (Å²) in [7, 11) is 0. The Balaban J connectivity index is 0.000000176. The van der Waals surface area contributed by atoms with Gasteiger partial charge in [0.15, 0.2) is 0 Å². The third-order valence-corrected chi connectivity index (χ3v) is 12.9. The monoisotopic (exact) mass is 913 g/mol. The summed E-state index contributed by atoms with van der Waals surface area (Å²) in [5.74, 6) is 0. The predicted octanol–water partition coefficient (Wildman–Crippen LogP) is 19.8. The number of hydrogen-bond acceptors (Lipinski definition) is 0. The molecule has 0 saturated heterocycles. The van der Waals surface area contributed by atoms with Crippen LogP contribution in [0.15, 0.2) is 170 Å². The Morgan fingerprint density at radius 3 is 0.757 bits per heavy atom. The van der Waals surface area contributed by atoms with Gasteiger partial charge in [-0.05, 0) is 178 Å². The molecular weight excluding hydrogens is 841 g/mol. The van der Waals surface area contributed by atoms with Gasteiger partial charge in [-0.3, -0.25) is 0 Å². The zero-order valence-corrected chi connectivity index (χ0v) is 43.8. The molecule has 0 heterocycles. The standard InChI is InChI=1S/2C26H26.C18H20/c1-19-5-9-23(10-6-19)13-15-25-17-22(4)26(18-21(25)3)16-14-24-11-7-20(2)8-12-24;1-19-5-9-23(10-6-19)17-21(3)25-13-15-26(16-14-25)22(4)18-24-11-7-20(2)8-12-24;1-13-5-7-17(8-6-13)9-10-18-12-15(3)14(2)11-16(18)4/h2*5-18H,1-4H3;5-12H,1-4H3/b15-13+,16-14+;21-17+,22-18+;10-9+. The van der Waals surface area contributed by atoms with Crippen molar-refractivity contribution >= 4 is 59.8 Å². The molecule has 352 valence electrons. The molecule has 0 saturated carbocycles. The van der Waals surface area contributed by atoms with Crippen LogP contribution in [-0.4, -0.2) is 0 Å². The maximum Gasteiger partial charge on any atom is -0.0224 e. The molecule has 0 bridgehead atoms. The maximum atomic E-state index is 2.27. The van der Waals surface area contributed by atoms with Crippen LogP contribution in [0.2, 0.25) is 0 Å². The van der Waals surface area contributed by atoms with Gasteiger partial charge in [-0.1, -0.05) is 246 Å². The zero-order chi connectivity index (χ0) is 50.2. The largest absolute Gasteiger partial charge is 0.0587 e. The van der Waals surface area contributed by atoms with Gasteiger partial charge in [-0.25, -0.2) is 0 Å². The maximum absolute atomic E-state index is 2.27. The molecule has 0 spiro atoms. The number of hydrogen-bond donors (Lipinski definition) is 0. The van der Waals surface area contributed by atoms with Crippen molar-refractivity contribution in [2.45, 2.75) is 83.1 Å². The number of allylic oxidation sites excluding steroid dienone is 2. The van der Waals surface area contributed by atoms with E-state index in [1.165, 1.54) is 122 Å². The number of rotatable bonds is 10. The number of benzene rings is 8. The minimum Gasteiger partial charge on any atom is -0.0587 e. The van der Waals surface area contributed by atoms with Gasteiger partial charge in [0.25, 0.3) is 0 Å². The lowest BCUT2D eigenvalue weighted by Crippen LogP contribution is -1.88. The molecule has 8 aromatic carbocycles. The summed E-state index contributed by atoms with van der Waals surface area (Å²) in [6, 6.07) is 61.0. The first-order valence-electron chi connectivity index (χ1n) is 24.6.